The van der Waals surface area contributed by atoms with E-state index in [4.69, 9.17) is 4.42 Å². The zero-order valence-electron chi connectivity index (χ0n) is 13.9. The van der Waals surface area contributed by atoms with E-state index < -0.39 is 5.82 Å². The lowest BCUT2D eigenvalue weighted by Gasteiger charge is -2.12. The molecule has 0 saturated heterocycles. The van der Waals surface area contributed by atoms with Gasteiger partial charge in [0.25, 0.3) is 11.1 Å². The van der Waals surface area contributed by atoms with Gasteiger partial charge in [0.1, 0.15) is 5.82 Å². The molecular formula is C17H22FN3O2S. The molecule has 2 aromatic rings. The van der Waals surface area contributed by atoms with Crippen LogP contribution < -0.4 is 5.32 Å². The van der Waals surface area contributed by atoms with Crippen molar-refractivity contribution in [3.63, 3.8) is 0 Å². The molecule has 0 unspecified atom stereocenters. The van der Waals surface area contributed by atoms with Gasteiger partial charge in [0.15, 0.2) is 0 Å². The van der Waals surface area contributed by atoms with E-state index >= 15 is 0 Å². The van der Waals surface area contributed by atoms with Gasteiger partial charge in [0.2, 0.25) is 5.91 Å². The summed E-state index contributed by atoms with van der Waals surface area (Å²) in [5, 5.41) is 10.9. The quantitative estimate of drug-likeness (QED) is 0.545. The van der Waals surface area contributed by atoms with Crippen molar-refractivity contribution in [3.8, 4) is 11.5 Å². The van der Waals surface area contributed by atoms with E-state index in [9.17, 15) is 9.18 Å². The van der Waals surface area contributed by atoms with Gasteiger partial charge in [-0.05, 0) is 25.5 Å². The van der Waals surface area contributed by atoms with Gasteiger partial charge >= 0.3 is 0 Å². The first-order chi connectivity index (χ1) is 11.6. The third kappa shape index (κ3) is 5.63. The Balaban J connectivity index is 1.81. The second-order valence-corrected chi connectivity index (χ2v) is 6.53. The maximum Gasteiger partial charge on any atom is 0.277 e. The number of benzene rings is 1. The van der Waals surface area contributed by atoms with Crippen molar-refractivity contribution in [2.24, 2.45) is 0 Å². The number of nitrogens with zero attached hydrogens (tertiary/aromatic N) is 2. The highest BCUT2D eigenvalue weighted by Gasteiger charge is 2.14. The van der Waals surface area contributed by atoms with E-state index in [0.717, 1.165) is 31.0 Å². The molecule has 0 spiro atoms. The summed E-state index contributed by atoms with van der Waals surface area (Å²) < 4.78 is 19.1. The molecule has 5 nitrogen and oxygen atoms in total. The van der Waals surface area contributed by atoms with Crippen LogP contribution in [0.3, 0.4) is 0 Å². The fourth-order valence-corrected chi connectivity index (χ4v) is 2.80. The lowest BCUT2D eigenvalue weighted by atomic mass is 10.1. The summed E-state index contributed by atoms with van der Waals surface area (Å²) in [5.41, 5.74) is 0.255. The minimum Gasteiger partial charge on any atom is -0.411 e. The summed E-state index contributed by atoms with van der Waals surface area (Å²) in [6, 6.07) is 6.35. The fraction of sp³-hybridized carbons (Fsp3) is 0.471. The lowest BCUT2D eigenvalue weighted by Crippen LogP contribution is -2.33. The molecule has 1 aromatic carbocycles. The summed E-state index contributed by atoms with van der Waals surface area (Å²) in [7, 11) is 0. The number of rotatable bonds is 9. The highest BCUT2D eigenvalue weighted by atomic mass is 32.2. The maximum atomic E-state index is 13.7. The molecule has 0 bridgehead atoms. The van der Waals surface area contributed by atoms with E-state index in [1.807, 2.05) is 6.92 Å². The first-order valence-electron chi connectivity index (χ1n) is 8.10. The molecule has 1 aromatic heterocycles. The summed E-state index contributed by atoms with van der Waals surface area (Å²) >= 11 is 1.15. The van der Waals surface area contributed by atoms with Crippen molar-refractivity contribution in [1.82, 2.24) is 15.5 Å². The molecule has 1 amide bonds. The Morgan fingerprint density at radius 2 is 2.12 bits per heavy atom. The summed E-state index contributed by atoms with van der Waals surface area (Å²) in [6.07, 6.45) is 4.43. The van der Waals surface area contributed by atoms with E-state index in [1.165, 1.54) is 12.5 Å². The maximum absolute atomic E-state index is 13.7. The molecule has 0 aliphatic heterocycles. The van der Waals surface area contributed by atoms with Crippen molar-refractivity contribution in [3.05, 3.63) is 30.1 Å². The molecule has 7 heteroatoms. The molecule has 130 valence electrons. The van der Waals surface area contributed by atoms with E-state index in [0.29, 0.717) is 0 Å². The minimum atomic E-state index is -0.420. The average Bonchev–Trinajstić information content (AvgIpc) is 3.02. The third-order valence-electron chi connectivity index (χ3n) is 3.49. The van der Waals surface area contributed by atoms with Gasteiger partial charge in [-0.15, -0.1) is 10.2 Å². The van der Waals surface area contributed by atoms with Crippen LogP contribution in [0.15, 0.2) is 33.9 Å². The van der Waals surface area contributed by atoms with Crippen molar-refractivity contribution < 1.29 is 13.6 Å². The van der Waals surface area contributed by atoms with Crippen LogP contribution >= 0.6 is 11.8 Å². The number of aromatic nitrogens is 2. The molecular weight excluding hydrogens is 329 g/mol. The smallest absolute Gasteiger partial charge is 0.277 e. The average molecular weight is 351 g/mol. The van der Waals surface area contributed by atoms with Gasteiger partial charge in [0, 0.05) is 6.04 Å². The molecule has 1 atom stereocenters. The van der Waals surface area contributed by atoms with Gasteiger partial charge in [-0.25, -0.2) is 4.39 Å². The minimum absolute atomic E-state index is 0.0744. The monoisotopic (exact) mass is 351 g/mol. The van der Waals surface area contributed by atoms with Gasteiger partial charge < -0.3 is 9.73 Å². The zero-order valence-corrected chi connectivity index (χ0v) is 14.7. The molecule has 0 aliphatic carbocycles. The SMILES string of the molecule is CCCCC[C@@H](C)NC(=O)CSc1nnc(-c2ccccc2F)o1. The van der Waals surface area contributed by atoms with Crippen molar-refractivity contribution >= 4 is 17.7 Å². The van der Waals surface area contributed by atoms with Crippen LogP contribution in [0.5, 0.6) is 0 Å². The summed E-state index contributed by atoms with van der Waals surface area (Å²) in [4.78, 5) is 11.9. The van der Waals surface area contributed by atoms with Gasteiger partial charge in [-0.2, -0.15) is 0 Å². The summed E-state index contributed by atoms with van der Waals surface area (Å²) in [6.45, 7) is 4.15. The molecule has 0 radical (unpaired) electrons. The number of carbonyl (C=O) groups excluding carboxylic acids is 1. The highest BCUT2D eigenvalue weighted by Crippen LogP contribution is 2.24. The Kier molecular flexibility index (Phi) is 7.24. The molecule has 0 saturated carbocycles. The van der Waals surface area contributed by atoms with Crippen LogP contribution in [0.4, 0.5) is 4.39 Å². The van der Waals surface area contributed by atoms with E-state index in [-0.39, 0.29) is 34.4 Å². The Hall–Kier alpha value is -1.89. The largest absolute Gasteiger partial charge is 0.411 e. The number of thioether (sulfide) groups is 1. The first kappa shape index (κ1) is 18.4. The Morgan fingerprint density at radius 1 is 1.33 bits per heavy atom. The predicted molar refractivity (Wildman–Crippen MR) is 92.2 cm³/mol. The number of nitrogens with one attached hydrogen (secondary N) is 1. The van der Waals surface area contributed by atoms with Gasteiger partial charge in [-0.1, -0.05) is 50.1 Å². The molecule has 0 fully saturated rings. The van der Waals surface area contributed by atoms with Crippen LogP contribution in [0, 0.1) is 5.82 Å². The second kappa shape index (κ2) is 9.42. The number of hydrogen-bond acceptors (Lipinski definition) is 5. The number of halogens is 1. The number of hydrogen-bond donors (Lipinski definition) is 1. The van der Waals surface area contributed by atoms with E-state index in [2.05, 4.69) is 22.4 Å². The van der Waals surface area contributed by atoms with Gasteiger partial charge in [-0.3, -0.25) is 4.79 Å². The molecule has 1 N–H and O–H groups in total. The van der Waals surface area contributed by atoms with Crippen molar-refractivity contribution in [1.29, 1.82) is 0 Å². The molecule has 24 heavy (non-hydrogen) atoms. The molecule has 2 rings (SSSR count). The van der Waals surface area contributed by atoms with Crippen LogP contribution in [-0.2, 0) is 4.79 Å². The first-order valence-corrected chi connectivity index (χ1v) is 9.09. The number of carbonyl (C=O) groups is 1. The number of unbranched alkanes of at least 4 members (excludes halogenated alkanes) is 2. The van der Waals surface area contributed by atoms with Crippen molar-refractivity contribution in [2.75, 3.05) is 5.75 Å². The van der Waals surface area contributed by atoms with Crippen LogP contribution in [0.2, 0.25) is 0 Å². The summed E-state index contributed by atoms with van der Waals surface area (Å²) in [5.74, 6) is -0.188. The van der Waals surface area contributed by atoms with Gasteiger partial charge in [0.05, 0.1) is 11.3 Å². The highest BCUT2D eigenvalue weighted by molar-refractivity contribution is 7.99. The lowest BCUT2D eigenvalue weighted by molar-refractivity contribution is -0.119. The number of amides is 1. The molecule has 1 heterocycles. The molecule has 0 aliphatic rings. The topological polar surface area (TPSA) is 68.0 Å². The Bertz CT molecular complexity index is 663. The normalized spacial score (nSPS) is 12.1. The van der Waals surface area contributed by atoms with Crippen LogP contribution in [-0.4, -0.2) is 27.9 Å². The standard InChI is InChI=1S/C17H22FN3O2S/c1-3-4-5-8-12(2)19-15(22)11-24-17-21-20-16(23-17)13-9-6-7-10-14(13)18/h6-7,9-10,12H,3-5,8,11H2,1-2H3,(H,19,22)/t12-/m1/s1. The van der Waals surface area contributed by atoms with E-state index in [1.54, 1.807) is 18.2 Å². The Labute approximate surface area is 145 Å². The fourth-order valence-electron chi connectivity index (χ4n) is 2.23. The third-order valence-corrected chi connectivity index (χ3v) is 4.30. The van der Waals surface area contributed by atoms with Crippen molar-refractivity contribution in [2.45, 2.75) is 50.8 Å². The predicted octanol–water partition coefficient (Wildman–Crippen LogP) is 4.05. The van der Waals surface area contributed by atoms with Crippen LogP contribution in [0.1, 0.15) is 39.5 Å². The second-order valence-electron chi connectivity index (χ2n) is 5.61. The Morgan fingerprint density at radius 3 is 2.88 bits per heavy atom. The zero-order chi connectivity index (χ0) is 17.4. The van der Waals surface area contributed by atoms with Crippen LogP contribution in [0.25, 0.3) is 11.5 Å².